The summed E-state index contributed by atoms with van der Waals surface area (Å²) in [6, 6.07) is 0.619. The van der Waals surface area contributed by atoms with E-state index in [0.717, 1.165) is 37.6 Å². The summed E-state index contributed by atoms with van der Waals surface area (Å²) >= 11 is 0. The molecule has 1 N–H and O–H groups in total. The molecule has 0 spiro atoms. The van der Waals surface area contributed by atoms with Crippen LogP contribution in [0.3, 0.4) is 0 Å². The molecule has 4 aliphatic rings. The van der Waals surface area contributed by atoms with Gasteiger partial charge in [-0.05, 0) is 37.5 Å². The molecular weight excluding hydrogens is 292 g/mol. The van der Waals surface area contributed by atoms with Crippen molar-refractivity contribution in [2.75, 3.05) is 19.8 Å². The van der Waals surface area contributed by atoms with Crippen LogP contribution in [0.25, 0.3) is 0 Å². The van der Waals surface area contributed by atoms with Gasteiger partial charge in [0.2, 0.25) is 0 Å². The van der Waals surface area contributed by atoms with Crippen LogP contribution in [0.5, 0.6) is 0 Å². The van der Waals surface area contributed by atoms with Gasteiger partial charge in [0, 0.05) is 12.6 Å². The number of rotatable bonds is 3. The molecule has 4 fully saturated rings. The second kappa shape index (κ2) is 6.98. The number of nitrogens with one attached hydrogen (secondary N) is 1. The zero-order valence-corrected chi connectivity index (χ0v) is 14.0. The molecule has 2 aliphatic heterocycles. The van der Waals surface area contributed by atoms with Gasteiger partial charge in [-0.1, -0.05) is 32.1 Å². The number of ether oxygens (including phenoxy) is 2. The molecule has 0 aromatic carbocycles. The topological polar surface area (TPSA) is 50.8 Å². The van der Waals surface area contributed by atoms with E-state index < -0.39 is 0 Å². The molecule has 5 heteroatoms. The zero-order valence-electron chi connectivity index (χ0n) is 14.0. The van der Waals surface area contributed by atoms with E-state index in [0.29, 0.717) is 19.3 Å². The minimum Gasteiger partial charge on any atom is -0.348 e. The molecule has 4 rings (SSSR count). The van der Waals surface area contributed by atoms with E-state index in [1.807, 2.05) is 4.90 Å². The second-order valence-corrected chi connectivity index (χ2v) is 7.72. The Hall–Kier alpha value is -0.810. The molecule has 0 unspecified atom stereocenters. The van der Waals surface area contributed by atoms with Gasteiger partial charge in [0.15, 0.2) is 6.29 Å². The van der Waals surface area contributed by atoms with Crippen molar-refractivity contribution in [1.82, 2.24) is 10.2 Å². The summed E-state index contributed by atoms with van der Waals surface area (Å²) in [5.74, 6) is 1.59. The van der Waals surface area contributed by atoms with Crippen molar-refractivity contribution in [2.45, 2.75) is 76.2 Å². The minimum absolute atomic E-state index is 0.0955. The number of piperidine rings is 1. The van der Waals surface area contributed by atoms with Gasteiger partial charge in [0.05, 0.1) is 19.3 Å². The number of carbonyl (C=O) groups excluding carboxylic acids is 1. The van der Waals surface area contributed by atoms with Crippen LogP contribution < -0.4 is 5.32 Å². The van der Waals surface area contributed by atoms with E-state index in [-0.39, 0.29) is 18.4 Å². The van der Waals surface area contributed by atoms with Gasteiger partial charge in [-0.3, -0.25) is 0 Å². The van der Waals surface area contributed by atoms with E-state index in [2.05, 4.69) is 5.32 Å². The summed E-state index contributed by atoms with van der Waals surface area (Å²) in [6.07, 6.45) is 11.1. The Balaban J connectivity index is 1.31. The highest BCUT2D eigenvalue weighted by atomic mass is 16.7. The number of likely N-dealkylation sites (tertiary alicyclic amines) is 1. The van der Waals surface area contributed by atoms with Crippen LogP contribution in [0, 0.1) is 11.8 Å². The molecule has 0 radical (unpaired) electrons. The van der Waals surface area contributed by atoms with Crippen molar-refractivity contribution in [1.29, 1.82) is 0 Å². The molecule has 3 atom stereocenters. The molecular formula is C18H30N2O3. The first kappa shape index (κ1) is 15.7. The number of carbonyl (C=O) groups is 1. The maximum absolute atomic E-state index is 12.7. The number of nitrogens with zero attached hydrogens (tertiary/aromatic N) is 1. The Bertz CT molecular complexity index is 418. The molecule has 2 saturated heterocycles. The average Bonchev–Trinajstić information content (AvgIpc) is 3.15. The molecule has 0 bridgehead atoms. The van der Waals surface area contributed by atoms with Crippen molar-refractivity contribution in [3.05, 3.63) is 0 Å². The highest BCUT2D eigenvalue weighted by Crippen LogP contribution is 2.44. The molecule has 5 nitrogen and oxygen atoms in total. The normalized spacial score (nSPS) is 36.2. The molecule has 2 heterocycles. The maximum Gasteiger partial charge on any atom is 0.318 e. The summed E-state index contributed by atoms with van der Waals surface area (Å²) in [5, 5.41) is 3.30. The predicted octanol–water partition coefficient (Wildman–Crippen LogP) is 2.89. The fraction of sp³-hybridized carbons (Fsp3) is 0.944. The standard InChI is InChI=1S/C18H30N2O3/c21-18(19-15-12-14(15)13-6-2-1-3-7-13)20-9-5-4-8-16(20)17-22-10-11-23-17/h13-17H,1-12H2,(H,19,21)/t14-,15+,16+/m0/s1. The van der Waals surface area contributed by atoms with Crippen LogP contribution in [0.15, 0.2) is 0 Å². The molecule has 2 aliphatic carbocycles. The third-order valence-corrected chi connectivity index (χ3v) is 6.18. The summed E-state index contributed by atoms with van der Waals surface area (Å²) in [4.78, 5) is 14.7. The van der Waals surface area contributed by atoms with Crippen molar-refractivity contribution >= 4 is 6.03 Å². The average molecular weight is 322 g/mol. The number of hydrogen-bond donors (Lipinski definition) is 1. The number of hydrogen-bond acceptors (Lipinski definition) is 3. The van der Waals surface area contributed by atoms with Crippen LogP contribution in [-0.2, 0) is 9.47 Å². The smallest absolute Gasteiger partial charge is 0.318 e. The largest absolute Gasteiger partial charge is 0.348 e. The maximum atomic E-state index is 12.7. The van der Waals surface area contributed by atoms with E-state index in [1.165, 1.54) is 38.5 Å². The lowest BCUT2D eigenvalue weighted by atomic mass is 9.85. The first-order chi connectivity index (χ1) is 11.3. The van der Waals surface area contributed by atoms with Gasteiger partial charge < -0.3 is 19.7 Å². The molecule has 23 heavy (non-hydrogen) atoms. The minimum atomic E-state index is -0.214. The van der Waals surface area contributed by atoms with Crippen LogP contribution in [0.2, 0.25) is 0 Å². The van der Waals surface area contributed by atoms with E-state index in [4.69, 9.17) is 9.47 Å². The van der Waals surface area contributed by atoms with Crippen molar-refractivity contribution in [3.63, 3.8) is 0 Å². The van der Waals surface area contributed by atoms with Crippen LogP contribution in [0.1, 0.15) is 57.8 Å². The van der Waals surface area contributed by atoms with E-state index in [1.54, 1.807) is 0 Å². The van der Waals surface area contributed by atoms with Gasteiger partial charge in [0.1, 0.15) is 0 Å². The highest BCUT2D eigenvalue weighted by Gasteiger charge is 2.45. The first-order valence-corrected chi connectivity index (χ1v) is 9.63. The Labute approximate surface area is 139 Å². The molecule has 0 aromatic rings. The van der Waals surface area contributed by atoms with Gasteiger partial charge in [-0.2, -0.15) is 0 Å². The third kappa shape index (κ3) is 3.50. The molecule has 0 aromatic heterocycles. The lowest BCUT2D eigenvalue weighted by Crippen LogP contribution is -2.54. The number of urea groups is 1. The molecule has 2 saturated carbocycles. The summed E-state index contributed by atoms with van der Waals surface area (Å²) < 4.78 is 11.3. The van der Waals surface area contributed by atoms with E-state index in [9.17, 15) is 4.79 Å². The van der Waals surface area contributed by atoms with Crippen LogP contribution in [-0.4, -0.2) is 49.1 Å². The molecule has 2 amide bonds. The Morgan fingerprint density at radius 2 is 1.70 bits per heavy atom. The monoisotopic (exact) mass is 322 g/mol. The third-order valence-electron chi connectivity index (χ3n) is 6.18. The van der Waals surface area contributed by atoms with Crippen LogP contribution >= 0.6 is 0 Å². The van der Waals surface area contributed by atoms with Crippen molar-refractivity contribution < 1.29 is 14.3 Å². The predicted molar refractivity (Wildman–Crippen MR) is 87.0 cm³/mol. The van der Waals surface area contributed by atoms with Gasteiger partial charge in [0.25, 0.3) is 0 Å². The summed E-state index contributed by atoms with van der Waals surface area (Å²) in [7, 11) is 0. The first-order valence-electron chi connectivity index (χ1n) is 9.63. The SMILES string of the molecule is O=C(N[C@@H]1C[C@H]1C1CCCCC1)N1CCCC[C@@H]1C1OCCO1. The van der Waals surface area contributed by atoms with Crippen molar-refractivity contribution in [3.8, 4) is 0 Å². The van der Waals surface area contributed by atoms with Crippen molar-refractivity contribution in [2.24, 2.45) is 11.8 Å². The summed E-state index contributed by atoms with van der Waals surface area (Å²) in [6.45, 7) is 2.15. The lowest BCUT2D eigenvalue weighted by molar-refractivity contribution is -0.0983. The Kier molecular flexibility index (Phi) is 4.76. The van der Waals surface area contributed by atoms with Crippen LogP contribution in [0.4, 0.5) is 4.79 Å². The fourth-order valence-corrected chi connectivity index (χ4v) is 4.80. The Morgan fingerprint density at radius 3 is 2.48 bits per heavy atom. The van der Waals surface area contributed by atoms with Gasteiger partial charge in [-0.15, -0.1) is 0 Å². The number of amides is 2. The second-order valence-electron chi connectivity index (χ2n) is 7.72. The summed E-state index contributed by atoms with van der Waals surface area (Å²) in [5.41, 5.74) is 0. The van der Waals surface area contributed by atoms with Gasteiger partial charge >= 0.3 is 6.03 Å². The zero-order chi connectivity index (χ0) is 15.6. The lowest BCUT2D eigenvalue weighted by Gasteiger charge is -2.38. The quantitative estimate of drug-likeness (QED) is 0.869. The molecule has 130 valence electrons. The highest BCUT2D eigenvalue weighted by molar-refractivity contribution is 5.75. The van der Waals surface area contributed by atoms with E-state index >= 15 is 0 Å². The Morgan fingerprint density at radius 1 is 0.957 bits per heavy atom. The van der Waals surface area contributed by atoms with Gasteiger partial charge in [-0.25, -0.2) is 4.79 Å². The fourth-order valence-electron chi connectivity index (χ4n) is 4.80.